The van der Waals surface area contributed by atoms with Gasteiger partial charge in [0.15, 0.2) is 0 Å². The molecule has 3 aromatic rings. The van der Waals surface area contributed by atoms with E-state index in [4.69, 9.17) is 9.88 Å². The van der Waals surface area contributed by atoms with Crippen molar-refractivity contribution < 1.29 is 26.4 Å². The van der Waals surface area contributed by atoms with E-state index in [0.29, 0.717) is 18.7 Å². The second kappa shape index (κ2) is 9.92. The van der Waals surface area contributed by atoms with Crippen LogP contribution in [0.4, 0.5) is 4.79 Å². The Balaban J connectivity index is 1.60. The fourth-order valence-corrected chi connectivity index (χ4v) is 4.19. The number of para-hydroxylation sites is 1. The van der Waals surface area contributed by atoms with Crippen molar-refractivity contribution in [1.82, 2.24) is 10.0 Å². The number of nitrogens with one attached hydrogen (secondary N) is 2. The Hall–Kier alpha value is -3.25. The molecule has 0 spiro atoms. The lowest BCUT2D eigenvalue weighted by Crippen LogP contribution is -2.33. The molecule has 9 nitrogen and oxygen atoms in total. The third kappa shape index (κ3) is 6.37. The molecule has 0 unspecified atom stereocenters. The fourth-order valence-electron chi connectivity index (χ4n) is 2.78. The second-order valence-electron chi connectivity index (χ2n) is 6.71. The van der Waals surface area contributed by atoms with Crippen molar-refractivity contribution in [3.8, 4) is 5.75 Å². The van der Waals surface area contributed by atoms with Crippen molar-refractivity contribution >= 4 is 26.1 Å². The number of sulfonamides is 2. The number of primary sulfonamides is 1. The average molecular weight is 476 g/mol. The number of carbonyl (C=O) groups is 1. The second-order valence-corrected chi connectivity index (χ2v) is 9.95. The molecular formula is C21H21N3O6S2. The Morgan fingerprint density at radius 2 is 1.41 bits per heavy atom. The van der Waals surface area contributed by atoms with Gasteiger partial charge in [-0.1, -0.05) is 48.5 Å². The first kappa shape index (κ1) is 23.4. The van der Waals surface area contributed by atoms with Gasteiger partial charge in [0.05, 0.1) is 9.79 Å². The molecule has 0 saturated heterocycles. The van der Waals surface area contributed by atoms with E-state index in [1.165, 1.54) is 24.3 Å². The van der Waals surface area contributed by atoms with Crippen molar-refractivity contribution in [2.45, 2.75) is 22.9 Å². The monoisotopic (exact) mass is 475 g/mol. The van der Waals surface area contributed by atoms with Crippen LogP contribution in [0.3, 0.4) is 0 Å². The summed E-state index contributed by atoms with van der Waals surface area (Å²) < 4.78 is 54.2. The number of hydrogen-bond acceptors (Lipinski definition) is 7. The molecule has 4 N–H and O–H groups in total. The molecule has 0 aromatic heterocycles. The molecule has 0 aliphatic rings. The summed E-state index contributed by atoms with van der Waals surface area (Å²) in [5, 5.41) is 8.24. The van der Waals surface area contributed by atoms with Gasteiger partial charge in [0, 0.05) is 18.7 Å². The predicted octanol–water partition coefficient (Wildman–Crippen LogP) is 2.10. The summed E-state index contributed by atoms with van der Waals surface area (Å²) in [6.07, 6.45) is -1.13. The maximum atomic E-state index is 12.3. The van der Waals surface area contributed by atoms with E-state index in [-0.39, 0.29) is 15.5 Å². The molecule has 3 rings (SSSR count). The van der Waals surface area contributed by atoms with Crippen LogP contribution in [0.25, 0.3) is 0 Å². The van der Waals surface area contributed by atoms with Crippen LogP contribution >= 0.6 is 0 Å². The first-order valence-corrected chi connectivity index (χ1v) is 12.4. The lowest BCUT2D eigenvalue weighted by molar-refractivity contribution is 0.206. The largest absolute Gasteiger partial charge is 0.426 e. The van der Waals surface area contributed by atoms with Crippen molar-refractivity contribution in [2.75, 3.05) is 0 Å². The van der Waals surface area contributed by atoms with Gasteiger partial charge in [0.1, 0.15) is 5.75 Å². The zero-order valence-corrected chi connectivity index (χ0v) is 18.4. The molecule has 1 amide bonds. The summed E-state index contributed by atoms with van der Waals surface area (Å²) in [7, 11) is -7.80. The number of amides is 1. The molecule has 0 atom stereocenters. The summed E-state index contributed by atoms with van der Waals surface area (Å²) in [6.45, 7) is 0.722. The molecule has 3 aromatic carbocycles. The average Bonchev–Trinajstić information content (AvgIpc) is 2.75. The fraction of sp³-hybridized carbons (Fsp3) is 0.0952. The zero-order chi connectivity index (χ0) is 23.2. The SMILES string of the molecule is NS(=O)(=O)c1ccc(CNCc2ccccc2OC(=O)NS(=O)(=O)c2ccccc2)cc1. The smallest absolute Gasteiger partial charge is 0.409 e. The number of benzene rings is 3. The van der Waals surface area contributed by atoms with Crippen molar-refractivity contribution in [1.29, 1.82) is 0 Å². The molecular weight excluding hydrogens is 454 g/mol. The molecule has 0 bridgehead atoms. The van der Waals surface area contributed by atoms with Crippen LogP contribution in [0.2, 0.25) is 0 Å². The van der Waals surface area contributed by atoms with E-state index in [9.17, 15) is 21.6 Å². The summed E-state index contributed by atoms with van der Waals surface area (Å²) in [6, 6.07) is 20.3. The molecule has 168 valence electrons. The maximum absolute atomic E-state index is 12.3. The minimum Gasteiger partial charge on any atom is -0.409 e. The highest BCUT2D eigenvalue weighted by Gasteiger charge is 2.19. The van der Waals surface area contributed by atoms with Crippen molar-refractivity contribution in [3.05, 3.63) is 90.0 Å². The predicted molar refractivity (Wildman–Crippen MR) is 118 cm³/mol. The third-order valence-corrected chi connectivity index (χ3v) is 6.60. The molecule has 11 heteroatoms. The van der Waals surface area contributed by atoms with Gasteiger partial charge < -0.3 is 10.1 Å². The molecule has 0 saturated carbocycles. The van der Waals surface area contributed by atoms with E-state index >= 15 is 0 Å². The van der Waals surface area contributed by atoms with Crippen LogP contribution < -0.4 is 19.9 Å². The topological polar surface area (TPSA) is 145 Å². The quantitative estimate of drug-likeness (QED) is 0.452. The summed E-state index contributed by atoms with van der Waals surface area (Å²) in [4.78, 5) is 12.1. The summed E-state index contributed by atoms with van der Waals surface area (Å²) in [5.41, 5.74) is 1.45. The highest BCUT2D eigenvalue weighted by Crippen LogP contribution is 2.19. The third-order valence-electron chi connectivity index (χ3n) is 4.34. The van der Waals surface area contributed by atoms with E-state index in [0.717, 1.165) is 5.56 Å². The Morgan fingerprint density at radius 1 is 0.781 bits per heavy atom. The van der Waals surface area contributed by atoms with Gasteiger partial charge in [-0.25, -0.2) is 31.5 Å². The summed E-state index contributed by atoms with van der Waals surface area (Å²) in [5.74, 6) is 0.199. The number of nitrogens with two attached hydrogens (primary N) is 1. The minimum absolute atomic E-state index is 0.0245. The highest BCUT2D eigenvalue weighted by atomic mass is 32.2. The van der Waals surface area contributed by atoms with Crippen LogP contribution in [0.15, 0.2) is 88.7 Å². The normalized spacial score (nSPS) is 11.7. The standard InChI is InChI=1S/C21H21N3O6S2/c22-31(26,27)18-12-10-16(11-13-18)14-23-15-17-6-4-5-9-20(17)30-21(25)24-32(28,29)19-7-2-1-3-8-19/h1-13,23H,14-15H2,(H,24,25)(H2,22,26,27). The zero-order valence-electron chi connectivity index (χ0n) is 16.8. The molecule has 32 heavy (non-hydrogen) atoms. The van der Waals surface area contributed by atoms with Gasteiger partial charge in [-0.15, -0.1) is 0 Å². The van der Waals surface area contributed by atoms with Crippen molar-refractivity contribution in [2.24, 2.45) is 5.14 Å². The van der Waals surface area contributed by atoms with E-state index in [2.05, 4.69) is 5.32 Å². The molecule has 0 radical (unpaired) electrons. The Morgan fingerprint density at radius 3 is 2.06 bits per heavy atom. The van der Waals surface area contributed by atoms with Gasteiger partial charge >= 0.3 is 6.09 Å². The van der Waals surface area contributed by atoms with Gasteiger partial charge in [-0.2, -0.15) is 0 Å². The first-order chi connectivity index (χ1) is 15.1. The van der Waals surface area contributed by atoms with Crippen LogP contribution in [0.1, 0.15) is 11.1 Å². The molecule has 0 aliphatic heterocycles. The minimum atomic E-state index is -4.05. The Labute approximate surface area is 186 Å². The Bertz CT molecular complexity index is 1290. The highest BCUT2D eigenvalue weighted by molar-refractivity contribution is 7.90. The molecule has 0 heterocycles. The van der Waals surface area contributed by atoms with Gasteiger partial charge in [0.25, 0.3) is 10.0 Å². The van der Waals surface area contributed by atoms with E-state index in [1.807, 2.05) is 4.72 Å². The van der Waals surface area contributed by atoms with Crippen LogP contribution in [0, 0.1) is 0 Å². The lowest BCUT2D eigenvalue weighted by atomic mass is 10.2. The van der Waals surface area contributed by atoms with Crippen LogP contribution in [-0.4, -0.2) is 22.9 Å². The molecule has 0 aliphatic carbocycles. The summed E-state index contributed by atoms with van der Waals surface area (Å²) >= 11 is 0. The Kier molecular flexibility index (Phi) is 7.26. The number of rotatable bonds is 8. The van der Waals surface area contributed by atoms with E-state index < -0.39 is 26.1 Å². The first-order valence-electron chi connectivity index (χ1n) is 9.35. The van der Waals surface area contributed by atoms with Crippen LogP contribution in [-0.2, 0) is 33.1 Å². The number of carbonyl (C=O) groups excluding carboxylic acids is 1. The van der Waals surface area contributed by atoms with Crippen molar-refractivity contribution in [3.63, 3.8) is 0 Å². The molecule has 0 fully saturated rings. The maximum Gasteiger partial charge on any atom is 0.426 e. The number of hydrogen-bond donors (Lipinski definition) is 3. The van der Waals surface area contributed by atoms with Gasteiger partial charge in [-0.05, 0) is 35.9 Å². The van der Waals surface area contributed by atoms with E-state index in [1.54, 1.807) is 54.6 Å². The lowest BCUT2D eigenvalue weighted by Gasteiger charge is -2.12. The van der Waals surface area contributed by atoms with Gasteiger partial charge in [-0.3, -0.25) is 0 Å². The van der Waals surface area contributed by atoms with Gasteiger partial charge in [0.2, 0.25) is 10.0 Å². The number of ether oxygens (including phenoxy) is 1. The van der Waals surface area contributed by atoms with Crippen LogP contribution in [0.5, 0.6) is 5.75 Å².